The molecule has 1 heterocycles. The Hall–Kier alpha value is -3.37. The number of hydrogen-bond donors (Lipinski definition) is 1. The van der Waals surface area contributed by atoms with Crippen LogP contribution in [0.4, 0.5) is 0 Å². The van der Waals surface area contributed by atoms with Crippen molar-refractivity contribution in [3.8, 4) is 5.69 Å². The molecule has 0 radical (unpaired) electrons. The first-order chi connectivity index (χ1) is 13.7. The summed E-state index contributed by atoms with van der Waals surface area (Å²) >= 11 is 5.95. The van der Waals surface area contributed by atoms with Gasteiger partial charge in [0, 0.05) is 16.9 Å². The van der Waals surface area contributed by atoms with Gasteiger partial charge in [0.1, 0.15) is 0 Å². The van der Waals surface area contributed by atoms with Crippen LogP contribution >= 0.6 is 11.6 Å². The normalized spacial score (nSPS) is 11.2. The van der Waals surface area contributed by atoms with Crippen molar-refractivity contribution in [1.82, 2.24) is 9.99 Å². The van der Waals surface area contributed by atoms with Crippen molar-refractivity contribution >= 4 is 34.5 Å². The number of nitrogens with one attached hydrogen (secondary N) is 1. The summed E-state index contributed by atoms with van der Waals surface area (Å²) in [4.78, 5) is 12.3. The second kappa shape index (κ2) is 8.11. The molecule has 0 saturated heterocycles. The van der Waals surface area contributed by atoms with Gasteiger partial charge in [0.15, 0.2) is 0 Å². The van der Waals surface area contributed by atoms with E-state index < -0.39 is 0 Å². The summed E-state index contributed by atoms with van der Waals surface area (Å²) in [6, 6.07) is 25.4. The minimum absolute atomic E-state index is 0.155. The fourth-order valence-corrected chi connectivity index (χ4v) is 3.29. The summed E-state index contributed by atoms with van der Waals surface area (Å²) in [5.74, 6) is -0.155. The van der Waals surface area contributed by atoms with Gasteiger partial charge in [-0.2, -0.15) is 5.10 Å². The van der Waals surface area contributed by atoms with Crippen molar-refractivity contribution in [2.24, 2.45) is 5.10 Å². The number of amides is 1. The van der Waals surface area contributed by atoms with E-state index in [0.717, 1.165) is 27.7 Å². The smallest absolute Gasteiger partial charge is 0.244 e. The van der Waals surface area contributed by atoms with Crippen LogP contribution in [-0.4, -0.2) is 16.7 Å². The topological polar surface area (TPSA) is 46.4 Å². The molecule has 0 atom stereocenters. The van der Waals surface area contributed by atoms with Crippen molar-refractivity contribution in [3.63, 3.8) is 0 Å². The van der Waals surface area contributed by atoms with Crippen molar-refractivity contribution in [2.75, 3.05) is 0 Å². The predicted molar refractivity (Wildman–Crippen MR) is 114 cm³/mol. The molecule has 1 N–H and O–H groups in total. The Labute approximate surface area is 168 Å². The summed E-state index contributed by atoms with van der Waals surface area (Å²) in [5.41, 5.74) is 5.42. The molecule has 4 rings (SSSR count). The Balaban J connectivity index is 1.45. The van der Waals surface area contributed by atoms with Crippen molar-refractivity contribution in [2.45, 2.75) is 6.42 Å². The number of halogens is 1. The minimum Gasteiger partial charge on any atom is -0.316 e. The number of nitrogens with zero attached hydrogens (tertiary/aromatic N) is 2. The van der Waals surface area contributed by atoms with E-state index in [-0.39, 0.29) is 12.3 Å². The van der Waals surface area contributed by atoms with Crippen molar-refractivity contribution < 1.29 is 4.79 Å². The van der Waals surface area contributed by atoms with Gasteiger partial charge >= 0.3 is 0 Å². The van der Waals surface area contributed by atoms with Crippen molar-refractivity contribution in [1.29, 1.82) is 0 Å². The molecule has 0 saturated carbocycles. The highest BCUT2D eigenvalue weighted by Gasteiger charge is 2.06. The number of aromatic nitrogens is 1. The summed E-state index contributed by atoms with van der Waals surface area (Å²) in [7, 11) is 0. The highest BCUT2D eigenvalue weighted by atomic mass is 35.5. The number of hydrogen-bond acceptors (Lipinski definition) is 2. The molecule has 0 spiro atoms. The molecule has 0 fully saturated rings. The molecule has 4 aromatic rings. The molecule has 1 amide bonds. The molecular weight excluding hydrogens is 370 g/mol. The number of carbonyl (C=O) groups is 1. The van der Waals surface area contributed by atoms with E-state index in [4.69, 9.17) is 11.6 Å². The maximum absolute atomic E-state index is 12.3. The van der Waals surface area contributed by atoms with E-state index in [1.54, 1.807) is 6.21 Å². The number of carbonyl (C=O) groups excluding carboxylic acids is 1. The number of benzene rings is 3. The van der Waals surface area contributed by atoms with Gasteiger partial charge in [0.2, 0.25) is 5.91 Å². The van der Waals surface area contributed by atoms with Gasteiger partial charge in [0.05, 0.1) is 18.3 Å². The average molecular weight is 388 g/mol. The molecule has 5 heteroatoms. The molecule has 0 aliphatic carbocycles. The summed E-state index contributed by atoms with van der Waals surface area (Å²) in [6.07, 6.45) is 3.84. The van der Waals surface area contributed by atoms with Crippen LogP contribution in [0.5, 0.6) is 0 Å². The lowest BCUT2D eigenvalue weighted by molar-refractivity contribution is -0.120. The maximum Gasteiger partial charge on any atom is 0.244 e. The molecule has 1 aromatic heterocycles. The molecule has 3 aromatic carbocycles. The van der Waals surface area contributed by atoms with Crippen LogP contribution in [0.15, 0.2) is 90.2 Å². The molecule has 0 bridgehead atoms. The Morgan fingerprint density at radius 2 is 1.75 bits per heavy atom. The monoisotopic (exact) mass is 387 g/mol. The second-order valence-corrected chi connectivity index (χ2v) is 6.82. The van der Waals surface area contributed by atoms with Crippen LogP contribution in [0.25, 0.3) is 16.5 Å². The minimum atomic E-state index is -0.155. The van der Waals surface area contributed by atoms with E-state index in [0.29, 0.717) is 5.02 Å². The zero-order valence-electron chi connectivity index (χ0n) is 15.0. The Morgan fingerprint density at radius 1 is 0.964 bits per heavy atom. The van der Waals surface area contributed by atoms with Gasteiger partial charge in [-0.3, -0.25) is 4.79 Å². The molecule has 4 nitrogen and oxygen atoms in total. The fourth-order valence-electron chi connectivity index (χ4n) is 3.17. The zero-order valence-corrected chi connectivity index (χ0v) is 15.8. The molecule has 0 unspecified atom stereocenters. The van der Waals surface area contributed by atoms with Crippen LogP contribution in [-0.2, 0) is 11.2 Å². The summed E-state index contributed by atoms with van der Waals surface area (Å²) in [5, 5.41) is 7.02. The molecule has 0 aliphatic heterocycles. The van der Waals surface area contributed by atoms with Gasteiger partial charge in [-0.05, 0) is 52.7 Å². The lowest BCUT2D eigenvalue weighted by Crippen LogP contribution is -2.20. The molecular formula is C23H18ClN3O. The average Bonchev–Trinajstić information content (AvgIpc) is 3.17. The summed E-state index contributed by atoms with van der Waals surface area (Å²) in [6.45, 7) is 0. The largest absolute Gasteiger partial charge is 0.316 e. The van der Waals surface area contributed by atoms with Gasteiger partial charge in [-0.25, -0.2) is 5.43 Å². The van der Waals surface area contributed by atoms with Gasteiger partial charge in [-0.1, -0.05) is 54.1 Å². The lowest BCUT2D eigenvalue weighted by atomic mass is 10.0. The maximum atomic E-state index is 12.3. The molecule has 28 heavy (non-hydrogen) atoms. The van der Waals surface area contributed by atoms with E-state index >= 15 is 0 Å². The first-order valence-electron chi connectivity index (χ1n) is 8.92. The third-order valence-corrected chi connectivity index (χ3v) is 4.75. The highest BCUT2D eigenvalue weighted by molar-refractivity contribution is 6.30. The zero-order chi connectivity index (χ0) is 19.3. The number of rotatable bonds is 5. The molecule has 138 valence electrons. The van der Waals surface area contributed by atoms with Crippen LogP contribution in [0.1, 0.15) is 11.3 Å². The first kappa shape index (κ1) is 18.0. The standard InChI is InChI=1S/C23H18ClN3O/c24-19-10-12-20(13-11-19)27-14-4-8-21(27)16-25-26-23(28)15-18-7-3-6-17-5-1-2-9-22(17)18/h1-14,16H,15H2,(H,26,28)/b25-16+. The third-order valence-electron chi connectivity index (χ3n) is 4.50. The van der Waals surface area contributed by atoms with Gasteiger partial charge in [-0.15, -0.1) is 0 Å². The first-order valence-corrected chi connectivity index (χ1v) is 9.30. The second-order valence-electron chi connectivity index (χ2n) is 6.39. The fraction of sp³-hybridized carbons (Fsp3) is 0.0435. The lowest BCUT2D eigenvalue weighted by Gasteiger charge is -2.07. The predicted octanol–water partition coefficient (Wildman–Crippen LogP) is 4.98. The van der Waals surface area contributed by atoms with Crippen LogP contribution in [0, 0.1) is 0 Å². The Bertz CT molecular complexity index is 1140. The SMILES string of the molecule is O=C(Cc1cccc2ccccc12)N/N=C/c1cccn1-c1ccc(Cl)cc1. The van der Waals surface area contributed by atoms with Gasteiger partial charge in [0.25, 0.3) is 0 Å². The highest BCUT2D eigenvalue weighted by Crippen LogP contribution is 2.19. The number of fused-ring (bicyclic) bond motifs is 1. The van der Waals surface area contributed by atoms with Crippen molar-refractivity contribution in [3.05, 3.63) is 101 Å². The third kappa shape index (κ3) is 3.97. The van der Waals surface area contributed by atoms with Gasteiger partial charge < -0.3 is 4.57 Å². The molecule has 0 aliphatic rings. The van der Waals surface area contributed by atoms with E-state index in [1.165, 1.54) is 0 Å². The van der Waals surface area contributed by atoms with E-state index in [2.05, 4.69) is 10.5 Å². The van der Waals surface area contributed by atoms with E-state index in [1.807, 2.05) is 89.6 Å². The van der Waals surface area contributed by atoms with Crippen LogP contribution < -0.4 is 5.43 Å². The van der Waals surface area contributed by atoms with E-state index in [9.17, 15) is 4.79 Å². The van der Waals surface area contributed by atoms with Crippen LogP contribution in [0.2, 0.25) is 5.02 Å². The number of hydrazone groups is 1. The summed E-state index contributed by atoms with van der Waals surface area (Å²) < 4.78 is 1.97. The van der Waals surface area contributed by atoms with Crippen LogP contribution in [0.3, 0.4) is 0 Å². The quantitative estimate of drug-likeness (QED) is 0.381. The Kier molecular flexibility index (Phi) is 5.22. The Morgan fingerprint density at radius 3 is 2.61 bits per heavy atom.